The molecule has 3 fully saturated rings. The Morgan fingerprint density at radius 3 is 2.41 bits per heavy atom. The number of carbonyl (C=O) groups excluding carboxylic acids is 2. The smallest absolute Gasteiger partial charge is 0.251 e. The first-order valence-electron chi connectivity index (χ1n) is 9.53. The third-order valence-corrected chi connectivity index (χ3v) is 5.94. The van der Waals surface area contributed by atoms with E-state index in [1.807, 2.05) is 42.5 Å². The van der Waals surface area contributed by atoms with Crippen molar-refractivity contribution in [3.8, 4) is 0 Å². The van der Waals surface area contributed by atoms with Crippen LogP contribution in [0.5, 0.6) is 0 Å². The average Bonchev–Trinajstić information content (AvgIpc) is 3.27. The molecule has 1 spiro atoms. The van der Waals surface area contributed by atoms with Crippen molar-refractivity contribution in [3.05, 3.63) is 42.5 Å². The van der Waals surface area contributed by atoms with E-state index in [1.54, 1.807) is 0 Å². The van der Waals surface area contributed by atoms with Crippen LogP contribution in [0.25, 0.3) is 10.8 Å². The number of hydrogen-bond acceptors (Lipinski definition) is 5. The fourth-order valence-electron chi connectivity index (χ4n) is 4.52. The SMILES string of the molecule is O=C1C[C@@H](N2CCC3(CC2)OCCO3)C(=O)N1c1cccc2ccccc12. The lowest BCUT2D eigenvalue weighted by atomic mass is 10.0. The molecular weight excluding hydrogens is 344 g/mol. The normalized spacial score (nSPS) is 25.8. The van der Waals surface area contributed by atoms with E-state index in [-0.39, 0.29) is 18.2 Å². The minimum atomic E-state index is -0.475. The van der Waals surface area contributed by atoms with Gasteiger partial charge in [0.15, 0.2) is 5.79 Å². The molecule has 6 nitrogen and oxygen atoms in total. The van der Waals surface area contributed by atoms with Gasteiger partial charge in [0.1, 0.15) is 0 Å². The van der Waals surface area contributed by atoms with Crippen LogP contribution in [0.2, 0.25) is 0 Å². The molecular formula is C21H22N2O4. The van der Waals surface area contributed by atoms with E-state index in [0.717, 1.165) is 23.6 Å². The summed E-state index contributed by atoms with van der Waals surface area (Å²) in [6, 6.07) is 13.2. The highest BCUT2D eigenvalue weighted by atomic mass is 16.7. The number of likely N-dealkylation sites (tertiary alicyclic amines) is 1. The molecule has 1 atom stereocenters. The van der Waals surface area contributed by atoms with Crippen molar-refractivity contribution in [1.29, 1.82) is 0 Å². The predicted octanol–water partition coefficient (Wildman–Crippen LogP) is 2.31. The van der Waals surface area contributed by atoms with Gasteiger partial charge in [-0.3, -0.25) is 14.5 Å². The van der Waals surface area contributed by atoms with Gasteiger partial charge in [0.05, 0.1) is 31.4 Å². The Kier molecular flexibility index (Phi) is 4.00. The van der Waals surface area contributed by atoms with Crippen molar-refractivity contribution in [2.75, 3.05) is 31.2 Å². The van der Waals surface area contributed by atoms with Gasteiger partial charge < -0.3 is 9.47 Å². The molecule has 5 rings (SSSR count). The monoisotopic (exact) mass is 366 g/mol. The summed E-state index contributed by atoms with van der Waals surface area (Å²) in [5.74, 6) is -0.729. The highest BCUT2D eigenvalue weighted by molar-refractivity contribution is 6.25. The van der Waals surface area contributed by atoms with Crippen LogP contribution in [-0.2, 0) is 19.1 Å². The highest BCUT2D eigenvalue weighted by Crippen LogP contribution is 2.36. The number of imide groups is 1. The molecule has 0 N–H and O–H groups in total. The second kappa shape index (κ2) is 6.41. The minimum absolute atomic E-state index is 0.124. The first-order valence-corrected chi connectivity index (χ1v) is 9.53. The maximum Gasteiger partial charge on any atom is 0.251 e. The molecule has 0 aliphatic carbocycles. The Morgan fingerprint density at radius 2 is 1.63 bits per heavy atom. The topological polar surface area (TPSA) is 59.1 Å². The molecule has 0 radical (unpaired) electrons. The summed E-state index contributed by atoms with van der Waals surface area (Å²) in [7, 11) is 0. The summed E-state index contributed by atoms with van der Waals surface area (Å²) in [5.41, 5.74) is 0.682. The van der Waals surface area contributed by atoms with Gasteiger partial charge in [-0.2, -0.15) is 0 Å². The Balaban J connectivity index is 1.39. The maximum atomic E-state index is 13.2. The van der Waals surface area contributed by atoms with Crippen molar-refractivity contribution in [2.45, 2.75) is 31.1 Å². The van der Waals surface area contributed by atoms with Crippen LogP contribution < -0.4 is 4.90 Å². The number of carbonyl (C=O) groups is 2. The van der Waals surface area contributed by atoms with Gasteiger partial charge in [-0.1, -0.05) is 36.4 Å². The number of benzene rings is 2. The van der Waals surface area contributed by atoms with Gasteiger partial charge >= 0.3 is 0 Å². The van der Waals surface area contributed by atoms with E-state index in [1.165, 1.54) is 4.90 Å². The van der Waals surface area contributed by atoms with Gasteiger partial charge in [0, 0.05) is 31.3 Å². The van der Waals surface area contributed by atoms with E-state index in [9.17, 15) is 9.59 Å². The summed E-state index contributed by atoms with van der Waals surface area (Å²) in [6.45, 7) is 2.67. The van der Waals surface area contributed by atoms with Crippen molar-refractivity contribution in [3.63, 3.8) is 0 Å². The fraction of sp³-hybridized carbons (Fsp3) is 0.429. The van der Waals surface area contributed by atoms with Crippen molar-refractivity contribution >= 4 is 28.3 Å². The second-order valence-corrected chi connectivity index (χ2v) is 7.43. The molecule has 0 bridgehead atoms. The lowest BCUT2D eigenvalue weighted by molar-refractivity contribution is -0.188. The third kappa shape index (κ3) is 2.76. The lowest BCUT2D eigenvalue weighted by Crippen LogP contribution is -2.51. The van der Waals surface area contributed by atoms with Gasteiger partial charge in [0.2, 0.25) is 5.91 Å². The van der Waals surface area contributed by atoms with Crippen LogP contribution in [0.4, 0.5) is 5.69 Å². The quantitative estimate of drug-likeness (QED) is 0.764. The number of fused-ring (bicyclic) bond motifs is 1. The molecule has 0 aromatic heterocycles. The number of nitrogens with zero attached hydrogens (tertiary/aromatic N) is 2. The first-order chi connectivity index (χ1) is 13.2. The number of ether oxygens (including phenoxy) is 2. The first kappa shape index (κ1) is 16.9. The molecule has 3 aliphatic heterocycles. The molecule has 140 valence electrons. The van der Waals surface area contributed by atoms with Gasteiger partial charge in [0.25, 0.3) is 5.91 Å². The molecule has 3 saturated heterocycles. The Hall–Kier alpha value is -2.28. The van der Waals surface area contributed by atoms with E-state index < -0.39 is 11.8 Å². The zero-order valence-corrected chi connectivity index (χ0v) is 15.1. The zero-order valence-electron chi connectivity index (χ0n) is 15.1. The lowest BCUT2D eigenvalue weighted by Gasteiger charge is -2.39. The molecule has 2 aromatic rings. The number of anilines is 1. The largest absolute Gasteiger partial charge is 0.347 e. The Labute approximate surface area is 157 Å². The number of piperidine rings is 1. The highest BCUT2D eigenvalue weighted by Gasteiger charge is 2.47. The number of hydrogen-bond donors (Lipinski definition) is 0. The van der Waals surface area contributed by atoms with Crippen LogP contribution >= 0.6 is 0 Å². The standard InChI is InChI=1S/C21H22N2O4/c24-19-14-18(22-10-8-21(9-11-22)26-12-13-27-21)20(25)23(19)17-7-3-5-15-4-1-2-6-16(15)17/h1-7,18H,8-14H2/t18-/m1/s1. The van der Waals surface area contributed by atoms with Crippen LogP contribution in [-0.4, -0.2) is 54.8 Å². The van der Waals surface area contributed by atoms with Gasteiger partial charge in [-0.15, -0.1) is 0 Å². The molecule has 6 heteroatoms. The fourth-order valence-corrected chi connectivity index (χ4v) is 4.52. The average molecular weight is 366 g/mol. The molecule has 2 aromatic carbocycles. The second-order valence-electron chi connectivity index (χ2n) is 7.43. The summed E-state index contributed by atoms with van der Waals surface area (Å²) < 4.78 is 11.5. The van der Waals surface area contributed by atoms with Crippen LogP contribution in [0.3, 0.4) is 0 Å². The van der Waals surface area contributed by atoms with Gasteiger partial charge in [-0.25, -0.2) is 4.90 Å². The number of rotatable bonds is 2. The maximum absolute atomic E-state index is 13.2. The van der Waals surface area contributed by atoms with E-state index in [2.05, 4.69) is 4.90 Å². The van der Waals surface area contributed by atoms with Crippen LogP contribution in [0.1, 0.15) is 19.3 Å². The van der Waals surface area contributed by atoms with Crippen molar-refractivity contribution < 1.29 is 19.1 Å². The summed E-state index contributed by atoms with van der Waals surface area (Å²) in [6.07, 6.45) is 1.70. The zero-order chi connectivity index (χ0) is 18.4. The molecule has 0 unspecified atom stereocenters. The Bertz CT molecular complexity index is 891. The van der Waals surface area contributed by atoms with E-state index >= 15 is 0 Å². The van der Waals surface area contributed by atoms with Crippen molar-refractivity contribution in [2.24, 2.45) is 0 Å². The van der Waals surface area contributed by atoms with Crippen LogP contribution in [0, 0.1) is 0 Å². The predicted molar refractivity (Wildman–Crippen MR) is 100 cm³/mol. The Morgan fingerprint density at radius 1 is 0.926 bits per heavy atom. The molecule has 0 saturated carbocycles. The van der Waals surface area contributed by atoms with E-state index in [4.69, 9.17) is 9.47 Å². The van der Waals surface area contributed by atoms with Crippen LogP contribution in [0.15, 0.2) is 42.5 Å². The summed E-state index contributed by atoms with van der Waals surface area (Å²) >= 11 is 0. The summed E-state index contributed by atoms with van der Waals surface area (Å²) in [4.78, 5) is 29.4. The molecule has 3 heterocycles. The number of amides is 2. The van der Waals surface area contributed by atoms with E-state index in [0.29, 0.717) is 32.0 Å². The third-order valence-electron chi connectivity index (χ3n) is 5.94. The molecule has 3 aliphatic rings. The van der Waals surface area contributed by atoms with Gasteiger partial charge in [-0.05, 0) is 11.5 Å². The minimum Gasteiger partial charge on any atom is -0.347 e. The van der Waals surface area contributed by atoms with Crippen molar-refractivity contribution in [1.82, 2.24) is 4.90 Å². The molecule has 27 heavy (non-hydrogen) atoms. The molecule has 2 amide bonds. The summed E-state index contributed by atoms with van der Waals surface area (Å²) in [5, 5.41) is 1.95.